The first-order valence-corrected chi connectivity index (χ1v) is 5.15. The molecule has 0 aliphatic rings. The van der Waals surface area contributed by atoms with Crippen LogP contribution in [0.3, 0.4) is 0 Å². The Hall–Kier alpha value is -0.960. The molecule has 0 atom stereocenters. The van der Waals surface area contributed by atoms with E-state index >= 15 is 0 Å². The molecule has 1 rings (SSSR count). The van der Waals surface area contributed by atoms with Gasteiger partial charge in [0, 0.05) is 18.7 Å². The van der Waals surface area contributed by atoms with Crippen LogP contribution in [0.5, 0.6) is 0 Å². The average molecular weight is 213 g/mol. The molecular formula is C12H17F2N. The zero-order chi connectivity index (χ0) is 11.4. The molecule has 1 nitrogen and oxygen atoms in total. The minimum absolute atomic E-state index is 0.438. The van der Waals surface area contributed by atoms with Crippen LogP contribution >= 0.6 is 0 Å². The molecule has 0 saturated carbocycles. The van der Waals surface area contributed by atoms with E-state index in [0.717, 1.165) is 12.6 Å². The lowest BCUT2D eigenvalue weighted by molar-refractivity contribution is 0.276. The van der Waals surface area contributed by atoms with Gasteiger partial charge in [0.05, 0.1) is 0 Å². The van der Waals surface area contributed by atoms with Crippen molar-refractivity contribution in [2.75, 3.05) is 13.6 Å². The predicted octanol–water partition coefficient (Wildman–Crippen LogP) is 2.85. The van der Waals surface area contributed by atoms with Crippen molar-refractivity contribution in [1.29, 1.82) is 0 Å². The van der Waals surface area contributed by atoms with Crippen LogP contribution in [-0.4, -0.2) is 24.5 Å². The van der Waals surface area contributed by atoms with E-state index in [2.05, 4.69) is 18.7 Å². The van der Waals surface area contributed by atoms with Gasteiger partial charge in [0.2, 0.25) is 0 Å². The van der Waals surface area contributed by atoms with Crippen LogP contribution in [0.4, 0.5) is 8.78 Å². The molecule has 0 fully saturated rings. The average Bonchev–Trinajstić information content (AvgIpc) is 2.15. The van der Waals surface area contributed by atoms with E-state index in [1.54, 1.807) is 0 Å². The van der Waals surface area contributed by atoms with Crippen molar-refractivity contribution in [3.63, 3.8) is 0 Å². The van der Waals surface area contributed by atoms with E-state index in [1.807, 2.05) is 7.05 Å². The van der Waals surface area contributed by atoms with Crippen LogP contribution in [0.15, 0.2) is 18.2 Å². The van der Waals surface area contributed by atoms with Crippen LogP contribution in [-0.2, 0) is 6.42 Å². The van der Waals surface area contributed by atoms with E-state index in [4.69, 9.17) is 0 Å². The number of nitrogens with zero attached hydrogens (tertiary/aromatic N) is 1. The molecular weight excluding hydrogens is 196 g/mol. The van der Waals surface area contributed by atoms with Crippen molar-refractivity contribution in [2.45, 2.75) is 26.3 Å². The van der Waals surface area contributed by atoms with Gasteiger partial charge in [-0.05, 0) is 38.9 Å². The quantitative estimate of drug-likeness (QED) is 0.743. The Bertz CT molecular complexity index is 323. The molecule has 0 N–H and O–H groups in total. The minimum atomic E-state index is -0.520. The smallest absolute Gasteiger partial charge is 0.129 e. The van der Waals surface area contributed by atoms with Crippen molar-refractivity contribution in [3.8, 4) is 0 Å². The van der Waals surface area contributed by atoms with E-state index in [1.165, 1.54) is 12.1 Å². The Morgan fingerprint density at radius 1 is 1.27 bits per heavy atom. The molecule has 0 radical (unpaired) electrons. The minimum Gasteiger partial charge on any atom is -0.304 e. The summed E-state index contributed by atoms with van der Waals surface area (Å²) in [5.41, 5.74) is 0.573. The summed E-state index contributed by atoms with van der Waals surface area (Å²) in [5.74, 6) is -0.972. The van der Waals surface area contributed by atoms with E-state index in [0.29, 0.717) is 18.0 Å². The van der Waals surface area contributed by atoms with Crippen LogP contribution in [0, 0.1) is 11.6 Å². The zero-order valence-corrected chi connectivity index (χ0v) is 9.43. The first-order chi connectivity index (χ1) is 7.00. The Balaban J connectivity index is 2.58. The maximum atomic E-state index is 13.2. The Labute approximate surface area is 89.7 Å². The fourth-order valence-electron chi connectivity index (χ4n) is 1.28. The van der Waals surface area contributed by atoms with Crippen molar-refractivity contribution < 1.29 is 8.78 Å². The summed E-state index contributed by atoms with van der Waals surface area (Å²) in [6, 6.07) is 4.19. The van der Waals surface area contributed by atoms with E-state index in [-0.39, 0.29) is 0 Å². The normalized spacial score (nSPS) is 11.4. The third kappa shape index (κ3) is 3.59. The molecule has 0 aliphatic heterocycles. The molecule has 0 bridgehead atoms. The highest BCUT2D eigenvalue weighted by Gasteiger charge is 2.07. The third-order valence-corrected chi connectivity index (χ3v) is 2.63. The monoisotopic (exact) mass is 213 g/mol. The molecule has 1 aromatic carbocycles. The molecule has 1 aromatic rings. The van der Waals surface area contributed by atoms with Gasteiger partial charge < -0.3 is 4.90 Å². The van der Waals surface area contributed by atoms with Crippen molar-refractivity contribution in [3.05, 3.63) is 35.4 Å². The van der Waals surface area contributed by atoms with Gasteiger partial charge in [0.25, 0.3) is 0 Å². The van der Waals surface area contributed by atoms with Crippen molar-refractivity contribution in [1.82, 2.24) is 4.90 Å². The second-order valence-electron chi connectivity index (χ2n) is 4.06. The Kier molecular flexibility index (Phi) is 4.21. The third-order valence-electron chi connectivity index (χ3n) is 2.63. The molecule has 0 amide bonds. The van der Waals surface area contributed by atoms with Gasteiger partial charge in [0.1, 0.15) is 11.6 Å². The van der Waals surface area contributed by atoms with Crippen molar-refractivity contribution >= 4 is 0 Å². The number of likely N-dealkylation sites (N-methyl/N-ethyl adjacent to an activating group) is 1. The van der Waals surface area contributed by atoms with Gasteiger partial charge in [-0.25, -0.2) is 8.78 Å². The first-order valence-electron chi connectivity index (χ1n) is 5.15. The fraction of sp³-hybridized carbons (Fsp3) is 0.500. The van der Waals surface area contributed by atoms with Crippen LogP contribution in [0.2, 0.25) is 0 Å². The lowest BCUT2D eigenvalue weighted by Gasteiger charge is -2.20. The molecule has 0 heterocycles. The molecule has 0 aliphatic carbocycles. The van der Waals surface area contributed by atoms with Crippen LogP contribution in [0.25, 0.3) is 0 Å². The van der Waals surface area contributed by atoms with Crippen molar-refractivity contribution in [2.24, 2.45) is 0 Å². The maximum Gasteiger partial charge on any atom is 0.129 e. The summed E-state index contributed by atoms with van der Waals surface area (Å²) in [6.45, 7) is 4.95. The number of hydrogen-bond donors (Lipinski definition) is 0. The topological polar surface area (TPSA) is 3.24 Å². The second kappa shape index (κ2) is 5.21. The highest BCUT2D eigenvalue weighted by atomic mass is 19.1. The molecule has 0 spiro atoms. The number of rotatable bonds is 4. The lowest BCUT2D eigenvalue weighted by atomic mass is 10.1. The molecule has 3 heteroatoms. The molecule has 15 heavy (non-hydrogen) atoms. The SMILES string of the molecule is CC(C)N(C)CCc1ccc(F)cc1F. The maximum absolute atomic E-state index is 13.2. The number of halogens is 2. The summed E-state index contributed by atoms with van der Waals surface area (Å²) in [4.78, 5) is 2.13. The second-order valence-corrected chi connectivity index (χ2v) is 4.06. The van der Waals surface area contributed by atoms with Gasteiger partial charge in [-0.2, -0.15) is 0 Å². The Morgan fingerprint density at radius 3 is 2.47 bits per heavy atom. The van der Waals surface area contributed by atoms with Gasteiger partial charge >= 0.3 is 0 Å². The molecule has 0 saturated heterocycles. The number of hydrogen-bond acceptors (Lipinski definition) is 1. The van der Waals surface area contributed by atoms with Gasteiger partial charge in [-0.1, -0.05) is 6.07 Å². The molecule has 0 unspecified atom stereocenters. The van der Waals surface area contributed by atoms with Crippen LogP contribution < -0.4 is 0 Å². The summed E-state index contributed by atoms with van der Waals surface area (Å²) >= 11 is 0. The molecule has 84 valence electrons. The summed E-state index contributed by atoms with van der Waals surface area (Å²) in [6.07, 6.45) is 0.612. The van der Waals surface area contributed by atoms with Gasteiger partial charge in [-0.3, -0.25) is 0 Å². The highest BCUT2D eigenvalue weighted by molar-refractivity contribution is 5.18. The molecule has 0 aromatic heterocycles. The fourth-order valence-corrected chi connectivity index (χ4v) is 1.28. The standard InChI is InChI=1S/C12H17F2N/c1-9(2)15(3)7-6-10-4-5-11(13)8-12(10)14/h4-5,8-9H,6-7H2,1-3H3. The largest absolute Gasteiger partial charge is 0.304 e. The summed E-state index contributed by atoms with van der Waals surface area (Å²) < 4.78 is 25.9. The summed E-state index contributed by atoms with van der Waals surface area (Å²) in [5, 5.41) is 0. The first kappa shape index (κ1) is 12.1. The zero-order valence-electron chi connectivity index (χ0n) is 9.43. The lowest BCUT2D eigenvalue weighted by Crippen LogP contribution is -2.28. The summed E-state index contributed by atoms with van der Waals surface area (Å²) in [7, 11) is 1.99. The van der Waals surface area contributed by atoms with E-state index in [9.17, 15) is 8.78 Å². The Morgan fingerprint density at radius 2 is 1.93 bits per heavy atom. The van der Waals surface area contributed by atoms with Crippen LogP contribution in [0.1, 0.15) is 19.4 Å². The van der Waals surface area contributed by atoms with Gasteiger partial charge in [0.15, 0.2) is 0 Å². The van der Waals surface area contributed by atoms with Gasteiger partial charge in [-0.15, -0.1) is 0 Å². The predicted molar refractivity (Wildman–Crippen MR) is 57.8 cm³/mol. The number of benzene rings is 1. The highest BCUT2D eigenvalue weighted by Crippen LogP contribution is 2.10. The van der Waals surface area contributed by atoms with E-state index < -0.39 is 11.6 Å².